The molecule has 0 spiro atoms. The number of hydrogen-bond acceptors (Lipinski definition) is 2. The van der Waals surface area contributed by atoms with Crippen LogP contribution in [0, 0.1) is 5.82 Å². The van der Waals surface area contributed by atoms with E-state index in [1.165, 1.54) is 30.3 Å². The van der Waals surface area contributed by atoms with Crippen molar-refractivity contribution in [2.45, 2.75) is 6.54 Å². The van der Waals surface area contributed by atoms with Gasteiger partial charge in [0.05, 0.1) is 12.2 Å². The molecule has 0 atom stereocenters. The van der Waals surface area contributed by atoms with Crippen LogP contribution in [0.1, 0.15) is 5.56 Å². The minimum absolute atomic E-state index is 0.0824. The van der Waals surface area contributed by atoms with Crippen LogP contribution in [0.5, 0.6) is 5.75 Å². The van der Waals surface area contributed by atoms with Gasteiger partial charge in [0.15, 0.2) is 0 Å². The fourth-order valence-corrected chi connectivity index (χ4v) is 1.70. The van der Waals surface area contributed by atoms with Crippen LogP contribution in [0.2, 0.25) is 0 Å². The van der Waals surface area contributed by atoms with E-state index in [9.17, 15) is 19.4 Å². The van der Waals surface area contributed by atoms with Crippen LogP contribution in [0.15, 0.2) is 48.5 Å². The highest BCUT2D eigenvalue weighted by molar-refractivity contribution is 5.85. The van der Waals surface area contributed by atoms with Crippen LogP contribution in [-0.4, -0.2) is 16.3 Å². The molecule has 0 fully saturated rings. The van der Waals surface area contributed by atoms with Crippen molar-refractivity contribution < 1.29 is 19.4 Å². The Hall–Kier alpha value is -2.56. The first-order valence-corrected chi connectivity index (χ1v) is 5.60. The van der Waals surface area contributed by atoms with Crippen molar-refractivity contribution in [2.75, 3.05) is 4.90 Å². The topological polar surface area (TPSA) is 60.8 Å². The number of rotatable bonds is 3. The predicted molar refractivity (Wildman–Crippen MR) is 68.7 cm³/mol. The molecule has 0 aliphatic rings. The van der Waals surface area contributed by atoms with Gasteiger partial charge in [0.1, 0.15) is 11.6 Å². The molecule has 2 aromatic carbocycles. The van der Waals surface area contributed by atoms with E-state index in [2.05, 4.69) is 0 Å². The number of halogens is 1. The Labute approximate surface area is 109 Å². The Bertz CT molecular complexity index is 583. The molecule has 0 bridgehead atoms. The zero-order chi connectivity index (χ0) is 13.8. The van der Waals surface area contributed by atoms with Gasteiger partial charge in [-0.1, -0.05) is 18.2 Å². The predicted octanol–water partition coefficient (Wildman–Crippen LogP) is 3.22. The number of phenols is 1. The molecule has 0 radical (unpaired) electrons. The lowest BCUT2D eigenvalue weighted by molar-refractivity contribution is 0.201. The number of benzene rings is 2. The van der Waals surface area contributed by atoms with Gasteiger partial charge >= 0.3 is 6.09 Å². The number of phenolic OH excluding ortho intramolecular Hbond substituents is 1. The normalized spacial score (nSPS) is 10.2. The number of amides is 1. The quantitative estimate of drug-likeness (QED) is 0.891. The number of nitrogens with zero attached hydrogens (tertiary/aromatic N) is 1. The Kier molecular flexibility index (Phi) is 3.66. The Morgan fingerprint density at radius 1 is 1.16 bits per heavy atom. The first-order valence-electron chi connectivity index (χ1n) is 5.60. The van der Waals surface area contributed by atoms with E-state index in [0.29, 0.717) is 5.56 Å². The third-order valence-corrected chi connectivity index (χ3v) is 2.63. The number of aromatic hydroxyl groups is 1. The van der Waals surface area contributed by atoms with Crippen molar-refractivity contribution >= 4 is 11.8 Å². The summed E-state index contributed by atoms with van der Waals surface area (Å²) in [5.41, 5.74) is 0.963. The lowest BCUT2D eigenvalue weighted by Gasteiger charge is -2.19. The van der Waals surface area contributed by atoms with Gasteiger partial charge in [0, 0.05) is 0 Å². The van der Waals surface area contributed by atoms with Gasteiger partial charge in [-0.2, -0.15) is 0 Å². The second-order valence-corrected chi connectivity index (χ2v) is 4.02. The van der Waals surface area contributed by atoms with Gasteiger partial charge < -0.3 is 10.2 Å². The number of anilines is 1. The van der Waals surface area contributed by atoms with E-state index < -0.39 is 11.9 Å². The van der Waals surface area contributed by atoms with E-state index in [0.717, 1.165) is 11.0 Å². The van der Waals surface area contributed by atoms with Crippen LogP contribution in [0.4, 0.5) is 14.9 Å². The van der Waals surface area contributed by atoms with E-state index in [-0.39, 0.29) is 18.0 Å². The van der Waals surface area contributed by atoms with E-state index in [4.69, 9.17) is 0 Å². The van der Waals surface area contributed by atoms with Crippen molar-refractivity contribution in [3.63, 3.8) is 0 Å². The van der Waals surface area contributed by atoms with Crippen LogP contribution in [-0.2, 0) is 6.54 Å². The Morgan fingerprint density at radius 3 is 2.42 bits per heavy atom. The fraction of sp³-hybridized carbons (Fsp3) is 0.0714. The van der Waals surface area contributed by atoms with Gasteiger partial charge in [-0.25, -0.2) is 9.18 Å². The molecule has 0 aromatic heterocycles. The summed E-state index contributed by atoms with van der Waals surface area (Å²) in [7, 11) is 0. The second-order valence-electron chi connectivity index (χ2n) is 4.02. The summed E-state index contributed by atoms with van der Waals surface area (Å²) in [5.74, 6) is -0.383. The summed E-state index contributed by atoms with van der Waals surface area (Å²) in [5, 5.41) is 18.4. The third-order valence-electron chi connectivity index (χ3n) is 2.63. The molecule has 0 unspecified atom stereocenters. The molecule has 98 valence electrons. The molecule has 2 rings (SSSR count). The van der Waals surface area contributed by atoms with Gasteiger partial charge in [0.2, 0.25) is 0 Å². The minimum Gasteiger partial charge on any atom is -0.508 e. The van der Waals surface area contributed by atoms with Gasteiger partial charge in [-0.05, 0) is 35.9 Å². The zero-order valence-corrected chi connectivity index (χ0v) is 9.95. The van der Waals surface area contributed by atoms with E-state index in [1.54, 1.807) is 12.1 Å². The summed E-state index contributed by atoms with van der Waals surface area (Å²) in [6, 6.07) is 11.6. The van der Waals surface area contributed by atoms with Crippen molar-refractivity contribution in [1.82, 2.24) is 0 Å². The number of hydrogen-bond donors (Lipinski definition) is 2. The molecule has 0 saturated carbocycles. The molecule has 1 amide bonds. The average molecular weight is 261 g/mol. The molecular weight excluding hydrogens is 249 g/mol. The van der Waals surface area contributed by atoms with Crippen LogP contribution < -0.4 is 4.90 Å². The SMILES string of the molecule is O=C(O)N(Cc1ccc(O)cc1)c1cccc(F)c1. The van der Waals surface area contributed by atoms with E-state index in [1.807, 2.05) is 0 Å². The maximum atomic E-state index is 13.1. The Morgan fingerprint density at radius 2 is 1.84 bits per heavy atom. The largest absolute Gasteiger partial charge is 0.508 e. The smallest absolute Gasteiger partial charge is 0.412 e. The third kappa shape index (κ3) is 3.22. The zero-order valence-electron chi connectivity index (χ0n) is 9.95. The molecule has 0 saturated heterocycles. The standard InChI is InChI=1S/C14H12FNO3/c15-11-2-1-3-12(8-11)16(14(18)19)9-10-4-6-13(17)7-5-10/h1-8,17H,9H2,(H,18,19). The monoisotopic (exact) mass is 261 g/mol. The Balaban J connectivity index is 2.26. The van der Waals surface area contributed by atoms with Crippen LogP contribution in [0.25, 0.3) is 0 Å². The number of carboxylic acid groups (broad SMARTS) is 1. The minimum atomic E-state index is -1.17. The summed E-state index contributed by atoms with van der Waals surface area (Å²) < 4.78 is 13.1. The van der Waals surface area contributed by atoms with Crippen molar-refractivity contribution in [1.29, 1.82) is 0 Å². The molecule has 2 N–H and O–H groups in total. The van der Waals surface area contributed by atoms with E-state index >= 15 is 0 Å². The summed E-state index contributed by atoms with van der Waals surface area (Å²) in [6.45, 7) is 0.0824. The first-order chi connectivity index (χ1) is 9.06. The van der Waals surface area contributed by atoms with Gasteiger partial charge in [-0.3, -0.25) is 4.90 Å². The molecule has 0 aliphatic heterocycles. The summed E-state index contributed by atoms with van der Waals surface area (Å²) in [6.07, 6.45) is -1.17. The molecule has 2 aromatic rings. The first kappa shape index (κ1) is 12.9. The molecular formula is C14H12FNO3. The molecule has 4 nitrogen and oxygen atoms in total. The van der Waals surface area contributed by atoms with Crippen LogP contribution in [0.3, 0.4) is 0 Å². The average Bonchev–Trinajstić information content (AvgIpc) is 2.37. The highest BCUT2D eigenvalue weighted by Crippen LogP contribution is 2.19. The molecule has 19 heavy (non-hydrogen) atoms. The lowest BCUT2D eigenvalue weighted by atomic mass is 10.2. The highest BCUT2D eigenvalue weighted by Gasteiger charge is 2.15. The summed E-state index contributed by atoms with van der Waals surface area (Å²) in [4.78, 5) is 12.3. The summed E-state index contributed by atoms with van der Waals surface area (Å²) >= 11 is 0. The van der Waals surface area contributed by atoms with Gasteiger partial charge in [-0.15, -0.1) is 0 Å². The van der Waals surface area contributed by atoms with Crippen molar-refractivity contribution in [2.24, 2.45) is 0 Å². The fourth-order valence-electron chi connectivity index (χ4n) is 1.70. The number of carbonyl (C=O) groups is 1. The lowest BCUT2D eigenvalue weighted by Crippen LogP contribution is -2.28. The maximum Gasteiger partial charge on any atom is 0.412 e. The van der Waals surface area contributed by atoms with Crippen molar-refractivity contribution in [3.8, 4) is 5.75 Å². The molecule has 0 aliphatic carbocycles. The van der Waals surface area contributed by atoms with Crippen molar-refractivity contribution in [3.05, 3.63) is 59.9 Å². The molecule has 5 heteroatoms. The molecule has 0 heterocycles. The maximum absolute atomic E-state index is 13.1. The highest BCUT2D eigenvalue weighted by atomic mass is 19.1. The second kappa shape index (κ2) is 5.39. The van der Waals surface area contributed by atoms with Crippen LogP contribution >= 0.6 is 0 Å². The van der Waals surface area contributed by atoms with Gasteiger partial charge in [0.25, 0.3) is 0 Å².